The molecule has 9 heteroatoms. The lowest BCUT2D eigenvalue weighted by atomic mass is 10.1. The number of aromatic nitrogens is 3. The average Bonchev–Trinajstić information content (AvgIpc) is 3.10. The Morgan fingerprint density at radius 3 is 3.09 bits per heavy atom. The number of rotatable bonds is 2. The van der Waals surface area contributed by atoms with Crippen LogP contribution in [0.1, 0.15) is 18.3 Å². The minimum absolute atomic E-state index is 0.00614. The van der Waals surface area contributed by atoms with Crippen molar-refractivity contribution < 1.29 is 19.1 Å². The number of benzene rings is 1. The largest absolute Gasteiger partial charge is 0.454 e. The summed E-state index contributed by atoms with van der Waals surface area (Å²) in [6.45, 7) is 1.86. The number of nitrogens with zero attached hydrogens (tertiary/aromatic N) is 3. The molecule has 0 unspecified atom stereocenters. The van der Waals surface area contributed by atoms with Gasteiger partial charge < -0.3 is 14.8 Å². The number of hydrogen-bond donors (Lipinski definition) is 2. The van der Waals surface area contributed by atoms with Gasteiger partial charge in [0.25, 0.3) is 0 Å². The molecule has 2 N–H and O–H groups in total. The van der Waals surface area contributed by atoms with Gasteiger partial charge in [-0.1, -0.05) is 0 Å². The number of aryl methyl sites for hydroxylation is 1. The zero-order valence-electron chi connectivity index (χ0n) is 12.2. The van der Waals surface area contributed by atoms with Crippen LogP contribution in [-0.2, 0) is 9.59 Å². The first-order valence-corrected chi connectivity index (χ1v) is 7.03. The van der Waals surface area contributed by atoms with Crippen LogP contribution in [-0.4, -0.2) is 33.4 Å². The SMILES string of the molecule is Cc1nc2n(n1)[C@H](C(=O)Nc1ccc3c(c1)OCO3)CC(=O)N2. The van der Waals surface area contributed by atoms with Crippen molar-refractivity contribution in [3.05, 3.63) is 24.0 Å². The van der Waals surface area contributed by atoms with Gasteiger partial charge in [-0.2, -0.15) is 10.1 Å². The predicted octanol–water partition coefficient (Wildman–Crippen LogP) is 0.837. The lowest BCUT2D eigenvalue weighted by Crippen LogP contribution is -2.36. The third-order valence-electron chi connectivity index (χ3n) is 3.61. The molecule has 0 fully saturated rings. The predicted molar refractivity (Wildman–Crippen MR) is 78.2 cm³/mol. The second-order valence-electron chi connectivity index (χ2n) is 5.25. The molecule has 0 saturated heterocycles. The van der Waals surface area contributed by atoms with Gasteiger partial charge in [-0.05, 0) is 19.1 Å². The zero-order valence-corrected chi connectivity index (χ0v) is 12.2. The van der Waals surface area contributed by atoms with Crippen LogP contribution >= 0.6 is 0 Å². The first-order chi connectivity index (χ1) is 11.1. The summed E-state index contributed by atoms with van der Waals surface area (Å²) in [6, 6.07) is 4.36. The number of anilines is 2. The van der Waals surface area contributed by atoms with E-state index in [2.05, 4.69) is 20.7 Å². The van der Waals surface area contributed by atoms with Gasteiger partial charge in [0.05, 0.1) is 6.42 Å². The maximum atomic E-state index is 12.5. The van der Waals surface area contributed by atoms with Gasteiger partial charge in [0.2, 0.25) is 24.6 Å². The third kappa shape index (κ3) is 2.35. The standard InChI is InChI=1S/C14H13N5O4/c1-7-15-14-17-12(20)5-9(19(14)18-7)13(21)16-8-2-3-10-11(4-8)23-6-22-10/h2-4,9H,5-6H2,1H3,(H,16,21)(H,15,17,18,20)/t9-/m0/s1. The first-order valence-electron chi connectivity index (χ1n) is 7.03. The van der Waals surface area contributed by atoms with E-state index < -0.39 is 6.04 Å². The normalized spacial score (nSPS) is 18.3. The van der Waals surface area contributed by atoms with Crippen molar-refractivity contribution in [2.24, 2.45) is 0 Å². The summed E-state index contributed by atoms with van der Waals surface area (Å²) in [4.78, 5) is 28.4. The molecular weight excluding hydrogens is 302 g/mol. The van der Waals surface area contributed by atoms with Gasteiger partial charge in [-0.25, -0.2) is 4.68 Å². The first kappa shape index (κ1) is 13.6. The molecule has 0 aliphatic carbocycles. The summed E-state index contributed by atoms with van der Waals surface area (Å²) in [5.74, 6) is 1.36. The molecule has 1 aromatic heterocycles. The molecule has 1 atom stereocenters. The van der Waals surface area contributed by atoms with Crippen molar-refractivity contribution in [3.63, 3.8) is 0 Å². The van der Waals surface area contributed by atoms with Crippen LogP contribution in [0.2, 0.25) is 0 Å². The van der Waals surface area contributed by atoms with E-state index in [1.807, 2.05) is 0 Å². The maximum Gasteiger partial charge on any atom is 0.249 e. The van der Waals surface area contributed by atoms with E-state index in [0.29, 0.717) is 23.0 Å². The lowest BCUT2D eigenvalue weighted by Gasteiger charge is -2.22. The minimum atomic E-state index is -0.745. The molecule has 23 heavy (non-hydrogen) atoms. The van der Waals surface area contributed by atoms with Crippen LogP contribution in [0.3, 0.4) is 0 Å². The summed E-state index contributed by atoms with van der Waals surface area (Å²) in [5.41, 5.74) is 0.559. The van der Waals surface area contributed by atoms with Gasteiger partial charge in [0.1, 0.15) is 11.9 Å². The highest BCUT2D eigenvalue weighted by molar-refractivity contribution is 6.00. The van der Waals surface area contributed by atoms with Gasteiger partial charge >= 0.3 is 0 Å². The highest BCUT2D eigenvalue weighted by Gasteiger charge is 2.32. The molecule has 0 saturated carbocycles. The zero-order chi connectivity index (χ0) is 16.0. The lowest BCUT2D eigenvalue weighted by molar-refractivity contribution is -0.125. The Hall–Kier alpha value is -3.10. The van der Waals surface area contributed by atoms with Crippen molar-refractivity contribution in [2.45, 2.75) is 19.4 Å². The number of carbonyl (C=O) groups is 2. The molecule has 2 aliphatic heterocycles. The fourth-order valence-corrected chi connectivity index (χ4v) is 2.57. The summed E-state index contributed by atoms with van der Waals surface area (Å²) in [5, 5.41) is 9.54. The topological polar surface area (TPSA) is 107 Å². The molecule has 1 aromatic carbocycles. The van der Waals surface area contributed by atoms with Crippen LogP contribution in [0.25, 0.3) is 0 Å². The highest BCUT2D eigenvalue weighted by Crippen LogP contribution is 2.34. The quantitative estimate of drug-likeness (QED) is 0.850. The van der Waals surface area contributed by atoms with E-state index in [-0.39, 0.29) is 31.0 Å². The molecule has 2 aliphatic rings. The van der Waals surface area contributed by atoms with Crippen molar-refractivity contribution in [1.82, 2.24) is 14.8 Å². The fraction of sp³-hybridized carbons (Fsp3) is 0.286. The number of ether oxygens (including phenoxy) is 2. The average molecular weight is 315 g/mol. The van der Waals surface area contributed by atoms with Crippen molar-refractivity contribution in [3.8, 4) is 11.5 Å². The van der Waals surface area contributed by atoms with E-state index in [1.165, 1.54) is 4.68 Å². The van der Waals surface area contributed by atoms with E-state index in [0.717, 1.165) is 0 Å². The van der Waals surface area contributed by atoms with Crippen LogP contribution in [0, 0.1) is 6.92 Å². The Bertz CT molecular complexity index is 815. The fourth-order valence-electron chi connectivity index (χ4n) is 2.57. The van der Waals surface area contributed by atoms with Crippen LogP contribution in [0.4, 0.5) is 11.6 Å². The van der Waals surface area contributed by atoms with E-state index in [1.54, 1.807) is 25.1 Å². The van der Waals surface area contributed by atoms with E-state index in [9.17, 15) is 9.59 Å². The second kappa shape index (κ2) is 4.97. The van der Waals surface area contributed by atoms with E-state index in [4.69, 9.17) is 9.47 Å². The van der Waals surface area contributed by atoms with Crippen molar-refractivity contribution in [2.75, 3.05) is 17.4 Å². The minimum Gasteiger partial charge on any atom is -0.454 e. The summed E-state index contributed by atoms with van der Waals surface area (Å²) in [6.07, 6.45) is 0.00614. The van der Waals surface area contributed by atoms with Crippen molar-refractivity contribution >= 4 is 23.5 Å². The Balaban J connectivity index is 1.58. The number of fused-ring (bicyclic) bond motifs is 2. The number of amides is 2. The molecule has 2 amide bonds. The van der Waals surface area contributed by atoms with Gasteiger partial charge in [-0.3, -0.25) is 14.9 Å². The second-order valence-corrected chi connectivity index (χ2v) is 5.25. The van der Waals surface area contributed by atoms with Crippen LogP contribution < -0.4 is 20.1 Å². The van der Waals surface area contributed by atoms with Gasteiger partial charge in [0, 0.05) is 11.8 Å². The maximum absolute atomic E-state index is 12.5. The number of nitrogens with one attached hydrogen (secondary N) is 2. The summed E-state index contributed by atoms with van der Waals surface area (Å²) >= 11 is 0. The number of carbonyl (C=O) groups excluding carboxylic acids is 2. The van der Waals surface area contributed by atoms with E-state index >= 15 is 0 Å². The smallest absolute Gasteiger partial charge is 0.249 e. The Kier molecular flexibility index (Phi) is 2.93. The molecule has 118 valence electrons. The molecule has 0 bridgehead atoms. The molecule has 0 radical (unpaired) electrons. The third-order valence-corrected chi connectivity index (χ3v) is 3.61. The summed E-state index contributed by atoms with van der Waals surface area (Å²) < 4.78 is 11.9. The Morgan fingerprint density at radius 1 is 1.39 bits per heavy atom. The molecule has 0 spiro atoms. The highest BCUT2D eigenvalue weighted by atomic mass is 16.7. The van der Waals surface area contributed by atoms with Crippen molar-refractivity contribution in [1.29, 1.82) is 0 Å². The monoisotopic (exact) mass is 315 g/mol. The van der Waals surface area contributed by atoms with Crippen LogP contribution in [0.5, 0.6) is 11.5 Å². The molecule has 9 nitrogen and oxygen atoms in total. The molecule has 2 aromatic rings. The van der Waals surface area contributed by atoms with Gasteiger partial charge in [0.15, 0.2) is 11.5 Å². The molecule has 3 heterocycles. The van der Waals surface area contributed by atoms with Gasteiger partial charge in [-0.15, -0.1) is 0 Å². The Morgan fingerprint density at radius 2 is 2.22 bits per heavy atom. The number of hydrogen-bond acceptors (Lipinski definition) is 6. The molecule has 4 rings (SSSR count). The van der Waals surface area contributed by atoms with Crippen LogP contribution in [0.15, 0.2) is 18.2 Å². The summed E-state index contributed by atoms with van der Waals surface area (Å²) in [7, 11) is 0. The Labute approximate surface area is 130 Å². The molecular formula is C14H13N5O4.